The number of benzene rings is 6. The van der Waals surface area contributed by atoms with Gasteiger partial charge < -0.3 is 9.32 Å². The average Bonchev–Trinajstić information content (AvgIpc) is 3.53. The summed E-state index contributed by atoms with van der Waals surface area (Å²) >= 11 is 1.88. The number of para-hydroxylation sites is 2. The summed E-state index contributed by atoms with van der Waals surface area (Å²) in [5.74, 6) is 0. The summed E-state index contributed by atoms with van der Waals surface area (Å²) in [6.07, 6.45) is 0. The smallest absolute Gasteiger partial charge is 0.137 e. The summed E-state index contributed by atoms with van der Waals surface area (Å²) in [6, 6.07) is 45.2. The Morgan fingerprint density at radius 3 is 2.08 bits per heavy atom. The van der Waals surface area contributed by atoms with Gasteiger partial charge >= 0.3 is 0 Å². The fourth-order valence-corrected chi connectivity index (χ4v) is 6.89. The second-order valence-corrected chi connectivity index (χ2v) is 10.4. The van der Waals surface area contributed by atoms with Crippen LogP contribution in [0.15, 0.2) is 132 Å². The van der Waals surface area contributed by atoms with E-state index >= 15 is 0 Å². The molecule has 0 aliphatic rings. The minimum atomic E-state index is 0.897. The average molecular weight is 492 g/mol. The van der Waals surface area contributed by atoms with E-state index in [2.05, 4.69) is 120 Å². The maximum Gasteiger partial charge on any atom is 0.137 e. The zero-order chi connectivity index (χ0) is 24.3. The molecule has 8 rings (SSSR count). The first-order valence-electron chi connectivity index (χ1n) is 12.4. The molecule has 3 heteroatoms. The van der Waals surface area contributed by atoms with Crippen LogP contribution >= 0.6 is 11.3 Å². The first-order chi connectivity index (χ1) is 18.3. The van der Waals surface area contributed by atoms with Gasteiger partial charge in [0, 0.05) is 43.7 Å². The number of hydrogen-bond acceptors (Lipinski definition) is 3. The molecular formula is C34H21NOS. The van der Waals surface area contributed by atoms with E-state index in [4.69, 9.17) is 4.42 Å². The monoisotopic (exact) mass is 491 g/mol. The van der Waals surface area contributed by atoms with E-state index in [1.807, 2.05) is 23.5 Å². The van der Waals surface area contributed by atoms with Crippen molar-refractivity contribution >= 4 is 81.3 Å². The first-order valence-corrected chi connectivity index (χ1v) is 13.3. The number of fused-ring (bicyclic) bond motifs is 8. The van der Waals surface area contributed by atoms with Gasteiger partial charge in [0.25, 0.3) is 0 Å². The predicted molar refractivity (Wildman–Crippen MR) is 159 cm³/mol. The van der Waals surface area contributed by atoms with Gasteiger partial charge in [0.15, 0.2) is 0 Å². The molecule has 2 aromatic heterocycles. The van der Waals surface area contributed by atoms with E-state index in [0.29, 0.717) is 0 Å². The highest BCUT2D eigenvalue weighted by Crippen LogP contribution is 2.46. The van der Waals surface area contributed by atoms with Crippen LogP contribution in [0.1, 0.15) is 0 Å². The molecule has 0 saturated heterocycles. The number of nitrogens with zero attached hydrogens (tertiary/aromatic N) is 1. The number of rotatable bonds is 3. The van der Waals surface area contributed by atoms with Crippen molar-refractivity contribution in [1.82, 2.24) is 0 Å². The zero-order valence-corrected chi connectivity index (χ0v) is 20.7. The van der Waals surface area contributed by atoms with Gasteiger partial charge in [-0.2, -0.15) is 0 Å². The summed E-state index contributed by atoms with van der Waals surface area (Å²) in [5.41, 5.74) is 5.18. The molecule has 0 fully saturated rings. The van der Waals surface area contributed by atoms with Gasteiger partial charge in [-0.3, -0.25) is 0 Å². The van der Waals surface area contributed by atoms with E-state index < -0.39 is 0 Å². The van der Waals surface area contributed by atoms with E-state index in [0.717, 1.165) is 33.3 Å². The van der Waals surface area contributed by atoms with Crippen LogP contribution in [-0.4, -0.2) is 0 Å². The molecule has 0 aliphatic heterocycles. The molecule has 0 saturated carbocycles. The Bertz CT molecular complexity index is 2100. The van der Waals surface area contributed by atoms with Crippen LogP contribution in [0, 0.1) is 0 Å². The highest BCUT2D eigenvalue weighted by Gasteiger charge is 2.19. The van der Waals surface area contributed by atoms with Crippen molar-refractivity contribution in [2.75, 3.05) is 4.90 Å². The van der Waals surface area contributed by atoms with Crippen molar-refractivity contribution in [2.45, 2.75) is 0 Å². The Kier molecular flexibility index (Phi) is 4.42. The van der Waals surface area contributed by atoms with Gasteiger partial charge in [-0.05, 0) is 47.2 Å². The van der Waals surface area contributed by atoms with Crippen molar-refractivity contribution in [3.63, 3.8) is 0 Å². The van der Waals surface area contributed by atoms with Crippen molar-refractivity contribution in [3.05, 3.63) is 127 Å². The van der Waals surface area contributed by atoms with Gasteiger partial charge in [0.2, 0.25) is 0 Å². The lowest BCUT2D eigenvalue weighted by atomic mass is 10.1. The molecule has 0 spiro atoms. The summed E-state index contributed by atoms with van der Waals surface area (Å²) in [7, 11) is 0. The quantitative estimate of drug-likeness (QED) is 0.244. The first kappa shape index (κ1) is 20.6. The highest BCUT2D eigenvalue weighted by molar-refractivity contribution is 7.27. The van der Waals surface area contributed by atoms with Gasteiger partial charge in [-0.15, -0.1) is 11.3 Å². The molecule has 6 aromatic carbocycles. The van der Waals surface area contributed by atoms with E-state index in [1.54, 1.807) is 0 Å². The minimum absolute atomic E-state index is 0.897. The molecule has 0 unspecified atom stereocenters. The molecule has 0 amide bonds. The number of thiophene rings is 1. The van der Waals surface area contributed by atoms with Crippen LogP contribution in [0.4, 0.5) is 17.1 Å². The lowest BCUT2D eigenvalue weighted by molar-refractivity contribution is 0.669. The Balaban J connectivity index is 1.42. The molecule has 0 N–H and O–H groups in total. The van der Waals surface area contributed by atoms with Crippen LogP contribution in [0.2, 0.25) is 0 Å². The second-order valence-electron chi connectivity index (χ2n) is 9.37. The summed E-state index contributed by atoms with van der Waals surface area (Å²) in [6.45, 7) is 0. The molecule has 0 bridgehead atoms. The third kappa shape index (κ3) is 3.11. The number of anilines is 3. The number of furan rings is 1. The summed E-state index contributed by atoms with van der Waals surface area (Å²) < 4.78 is 8.89. The topological polar surface area (TPSA) is 16.4 Å². The second kappa shape index (κ2) is 7.95. The molecular weight excluding hydrogens is 470 g/mol. The molecule has 0 aliphatic carbocycles. The Hall–Kier alpha value is -4.60. The largest absolute Gasteiger partial charge is 0.456 e. The molecule has 0 atom stereocenters. The third-order valence-corrected chi connectivity index (χ3v) is 8.52. The maximum atomic E-state index is 6.27. The highest BCUT2D eigenvalue weighted by atomic mass is 32.1. The fraction of sp³-hybridized carbons (Fsp3) is 0. The Morgan fingerprint density at radius 1 is 0.459 bits per heavy atom. The van der Waals surface area contributed by atoms with Crippen LogP contribution in [-0.2, 0) is 0 Å². The summed E-state index contributed by atoms with van der Waals surface area (Å²) in [5, 5.41) is 7.46. The van der Waals surface area contributed by atoms with Crippen molar-refractivity contribution in [2.24, 2.45) is 0 Å². The van der Waals surface area contributed by atoms with E-state index in [1.165, 1.54) is 36.6 Å². The molecule has 2 heterocycles. The van der Waals surface area contributed by atoms with Crippen LogP contribution < -0.4 is 4.90 Å². The number of hydrogen-bond donors (Lipinski definition) is 0. The summed E-state index contributed by atoms with van der Waals surface area (Å²) in [4.78, 5) is 2.35. The molecule has 8 aromatic rings. The molecule has 174 valence electrons. The van der Waals surface area contributed by atoms with Crippen molar-refractivity contribution in [1.29, 1.82) is 0 Å². The van der Waals surface area contributed by atoms with Crippen LogP contribution in [0.3, 0.4) is 0 Å². The maximum absolute atomic E-state index is 6.27. The third-order valence-electron chi connectivity index (χ3n) is 7.24. The van der Waals surface area contributed by atoms with Gasteiger partial charge in [0.05, 0.1) is 10.4 Å². The van der Waals surface area contributed by atoms with Crippen LogP contribution in [0.5, 0.6) is 0 Å². The SMILES string of the molecule is c1ccc(N(c2ccc3c(c2)oc2ccccc23)c2cccc3c2sc2c4ccccc4ccc32)cc1. The van der Waals surface area contributed by atoms with Crippen molar-refractivity contribution < 1.29 is 4.42 Å². The van der Waals surface area contributed by atoms with Gasteiger partial charge in [-0.25, -0.2) is 0 Å². The van der Waals surface area contributed by atoms with Gasteiger partial charge in [0.1, 0.15) is 11.2 Å². The molecule has 37 heavy (non-hydrogen) atoms. The zero-order valence-electron chi connectivity index (χ0n) is 19.9. The predicted octanol–water partition coefficient (Wildman–Crippen LogP) is 10.6. The van der Waals surface area contributed by atoms with E-state index in [-0.39, 0.29) is 0 Å². The lowest BCUT2D eigenvalue weighted by Gasteiger charge is -2.26. The minimum Gasteiger partial charge on any atom is -0.456 e. The van der Waals surface area contributed by atoms with Crippen LogP contribution in [0.25, 0.3) is 52.9 Å². The molecule has 0 radical (unpaired) electrons. The van der Waals surface area contributed by atoms with Crippen molar-refractivity contribution in [3.8, 4) is 0 Å². The fourth-order valence-electron chi connectivity index (χ4n) is 5.55. The lowest BCUT2D eigenvalue weighted by Crippen LogP contribution is -2.09. The standard InChI is InChI=1S/C34H21NOS/c1-2-10-23(11-3-1)35(24-18-20-27-26-13-6-7-16-31(26)36-32(27)21-24)30-15-8-14-28-29-19-17-22-9-4-5-12-25(22)33(29)37-34(28)30/h1-21H. The Morgan fingerprint density at radius 2 is 1.16 bits per heavy atom. The van der Waals surface area contributed by atoms with Gasteiger partial charge in [-0.1, -0.05) is 84.9 Å². The normalized spacial score (nSPS) is 11.8. The van der Waals surface area contributed by atoms with E-state index in [9.17, 15) is 0 Å². The Labute approximate surface area is 217 Å². The molecule has 2 nitrogen and oxygen atoms in total.